The van der Waals surface area contributed by atoms with Gasteiger partial charge < -0.3 is 19.9 Å². The molecule has 24 heavy (non-hydrogen) atoms. The summed E-state index contributed by atoms with van der Waals surface area (Å²) in [5.41, 5.74) is -0.542. The lowest BCUT2D eigenvalue weighted by atomic mass is 9.96. The van der Waals surface area contributed by atoms with Crippen LogP contribution in [0.3, 0.4) is 0 Å². The maximum Gasteiger partial charge on any atom is 0.410 e. The Morgan fingerprint density at radius 3 is 2.46 bits per heavy atom. The van der Waals surface area contributed by atoms with Crippen LogP contribution in [0.25, 0.3) is 0 Å². The molecule has 0 radical (unpaired) electrons. The van der Waals surface area contributed by atoms with Crippen LogP contribution in [0, 0.1) is 11.8 Å². The average Bonchev–Trinajstić information content (AvgIpc) is 2.83. The first-order chi connectivity index (χ1) is 11.1. The molecular weight excluding hydrogens is 310 g/mol. The number of amides is 3. The minimum atomic E-state index is -0.542. The van der Waals surface area contributed by atoms with E-state index in [0.29, 0.717) is 32.5 Å². The molecule has 2 heterocycles. The average molecular weight is 339 g/mol. The van der Waals surface area contributed by atoms with Crippen LogP contribution in [0.15, 0.2) is 0 Å². The number of nitrogens with one attached hydrogen (secondary N) is 1. The number of carbonyl (C=O) groups is 3. The van der Waals surface area contributed by atoms with Gasteiger partial charge in [-0.3, -0.25) is 9.59 Å². The molecule has 0 unspecified atom stereocenters. The molecule has 0 aromatic carbocycles. The van der Waals surface area contributed by atoms with Crippen LogP contribution in [0.2, 0.25) is 0 Å². The van der Waals surface area contributed by atoms with E-state index in [-0.39, 0.29) is 35.8 Å². The van der Waals surface area contributed by atoms with Gasteiger partial charge in [-0.25, -0.2) is 4.79 Å². The molecule has 2 rings (SSSR count). The molecule has 0 bridgehead atoms. The second kappa shape index (κ2) is 6.99. The Morgan fingerprint density at radius 1 is 1.21 bits per heavy atom. The molecule has 0 saturated carbocycles. The fourth-order valence-electron chi connectivity index (χ4n) is 3.22. The molecule has 7 nitrogen and oxygen atoms in total. The van der Waals surface area contributed by atoms with E-state index in [9.17, 15) is 14.4 Å². The molecule has 0 aromatic rings. The van der Waals surface area contributed by atoms with E-state index in [2.05, 4.69) is 5.32 Å². The van der Waals surface area contributed by atoms with Crippen molar-refractivity contribution in [2.75, 3.05) is 26.7 Å². The van der Waals surface area contributed by atoms with Gasteiger partial charge >= 0.3 is 6.09 Å². The maximum atomic E-state index is 12.6. The molecule has 7 heteroatoms. The first kappa shape index (κ1) is 18.5. The molecule has 3 amide bonds. The molecule has 0 aliphatic carbocycles. The van der Waals surface area contributed by atoms with E-state index >= 15 is 0 Å². The van der Waals surface area contributed by atoms with Gasteiger partial charge in [-0.1, -0.05) is 6.92 Å². The molecule has 1 N–H and O–H groups in total. The van der Waals surface area contributed by atoms with Crippen molar-refractivity contribution in [1.82, 2.24) is 15.1 Å². The molecule has 2 saturated heterocycles. The van der Waals surface area contributed by atoms with Gasteiger partial charge in [0.15, 0.2) is 0 Å². The zero-order valence-electron chi connectivity index (χ0n) is 15.3. The van der Waals surface area contributed by atoms with Crippen molar-refractivity contribution in [2.24, 2.45) is 11.8 Å². The summed E-state index contributed by atoms with van der Waals surface area (Å²) in [6, 6.07) is -0.0111. The fraction of sp³-hybridized carbons (Fsp3) is 0.824. The highest BCUT2D eigenvalue weighted by atomic mass is 16.6. The molecule has 3 atom stereocenters. The van der Waals surface area contributed by atoms with Gasteiger partial charge in [0.2, 0.25) is 11.8 Å². The smallest absolute Gasteiger partial charge is 0.410 e. The number of piperidine rings is 1. The number of rotatable bonds is 2. The van der Waals surface area contributed by atoms with Crippen LogP contribution in [0.1, 0.15) is 40.5 Å². The minimum Gasteiger partial charge on any atom is -0.444 e. The summed E-state index contributed by atoms with van der Waals surface area (Å²) in [6.07, 6.45) is 0.768. The third-order valence-electron chi connectivity index (χ3n) is 4.57. The van der Waals surface area contributed by atoms with Crippen molar-refractivity contribution in [3.63, 3.8) is 0 Å². The number of likely N-dealkylation sites (tertiary alicyclic amines) is 2. The Morgan fingerprint density at radius 2 is 1.88 bits per heavy atom. The number of hydrogen-bond donors (Lipinski definition) is 1. The summed E-state index contributed by atoms with van der Waals surface area (Å²) >= 11 is 0. The lowest BCUT2D eigenvalue weighted by Gasteiger charge is -2.31. The van der Waals surface area contributed by atoms with Crippen molar-refractivity contribution in [2.45, 2.75) is 52.2 Å². The zero-order valence-corrected chi connectivity index (χ0v) is 15.3. The summed E-state index contributed by atoms with van der Waals surface area (Å²) in [7, 11) is 1.75. The van der Waals surface area contributed by atoms with Gasteiger partial charge in [-0.15, -0.1) is 0 Å². The van der Waals surface area contributed by atoms with E-state index < -0.39 is 5.60 Å². The van der Waals surface area contributed by atoms with Gasteiger partial charge in [-0.2, -0.15) is 0 Å². The SMILES string of the molecule is C[C@@H]1CN(C(=O)OC(C)(C)C)C[C@H]1C(=O)N[C@H]1CCC(=O)N(C)C1. The lowest BCUT2D eigenvalue weighted by Crippen LogP contribution is -2.50. The summed E-state index contributed by atoms with van der Waals surface area (Å²) < 4.78 is 5.38. The summed E-state index contributed by atoms with van der Waals surface area (Å²) in [4.78, 5) is 39.5. The van der Waals surface area contributed by atoms with Crippen molar-refractivity contribution < 1.29 is 19.1 Å². The third kappa shape index (κ3) is 4.61. The Hall–Kier alpha value is -1.79. The Kier molecular flexibility index (Phi) is 5.40. The second-order valence-electron chi connectivity index (χ2n) is 7.99. The highest BCUT2D eigenvalue weighted by Crippen LogP contribution is 2.25. The van der Waals surface area contributed by atoms with Crippen LogP contribution >= 0.6 is 0 Å². The molecule has 0 aromatic heterocycles. The van der Waals surface area contributed by atoms with Crippen molar-refractivity contribution in [1.29, 1.82) is 0 Å². The van der Waals surface area contributed by atoms with Crippen LogP contribution < -0.4 is 5.32 Å². The van der Waals surface area contributed by atoms with E-state index in [1.165, 1.54) is 0 Å². The topological polar surface area (TPSA) is 79.0 Å². The summed E-state index contributed by atoms with van der Waals surface area (Å²) in [5, 5.41) is 3.04. The van der Waals surface area contributed by atoms with Crippen molar-refractivity contribution in [3.05, 3.63) is 0 Å². The van der Waals surface area contributed by atoms with Crippen molar-refractivity contribution in [3.8, 4) is 0 Å². The van der Waals surface area contributed by atoms with E-state index in [4.69, 9.17) is 4.74 Å². The highest BCUT2D eigenvalue weighted by molar-refractivity contribution is 5.82. The molecule has 2 fully saturated rings. The molecular formula is C17H29N3O4. The van der Waals surface area contributed by atoms with Gasteiger partial charge in [0.1, 0.15) is 5.60 Å². The van der Waals surface area contributed by atoms with Gasteiger partial charge in [-0.05, 0) is 33.1 Å². The number of ether oxygens (including phenoxy) is 1. The van der Waals surface area contributed by atoms with Gasteiger partial charge in [0, 0.05) is 39.1 Å². The predicted molar refractivity (Wildman–Crippen MR) is 89.3 cm³/mol. The number of likely N-dealkylation sites (N-methyl/N-ethyl adjacent to an activating group) is 1. The monoisotopic (exact) mass is 339 g/mol. The Bertz CT molecular complexity index is 514. The Labute approximate surface area is 143 Å². The zero-order chi connectivity index (χ0) is 18.1. The molecule has 136 valence electrons. The van der Waals surface area contributed by atoms with Crippen LogP contribution in [0.5, 0.6) is 0 Å². The van der Waals surface area contributed by atoms with Crippen LogP contribution in [-0.2, 0) is 14.3 Å². The highest BCUT2D eigenvalue weighted by Gasteiger charge is 2.39. The van der Waals surface area contributed by atoms with E-state index in [1.807, 2.05) is 27.7 Å². The van der Waals surface area contributed by atoms with Crippen molar-refractivity contribution >= 4 is 17.9 Å². The molecule has 2 aliphatic rings. The third-order valence-corrected chi connectivity index (χ3v) is 4.57. The first-order valence-corrected chi connectivity index (χ1v) is 8.59. The molecule has 0 spiro atoms. The first-order valence-electron chi connectivity index (χ1n) is 8.59. The van der Waals surface area contributed by atoms with Gasteiger partial charge in [0.05, 0.1) is 5.92 Å². The quantitative estimate of drug-likeness (QED) is 0.821. The predicted octanol–water partition coefficient (Wildman–Crippen LogP) is 1.23. The number of nitrogens with zero attached hydrogens (tertiary/aromatic N) is 2. The second-order valence-corrected chi connectivity index (χ2v) is 7.99. The number of carbonyl (C=O) groups excluding carboxylic acids is 3. The Balaban J connectivity index is 1.89. The minimum absolute atomic E-state index is 0.0111. The van der Waals surface area contributed by atoms with Gasteiger partial charge in [0.25, 0.3) is 0 Å². The molecule has 2 aliphatic heterocycles. The standard InChI is InChI=1S/C17H29N3O4/c1-11-8-20(16(23)24-17(2,3)4)10-13(11)15(22)18-12-6-7-14(21)19(5)9-12/h11-13H,6-10H2,1-5H3,(H,18,22)/t11-,12+,13-/m1/s1. The summed E-state index contributed by atoms with van der Waals surface area (Å²) in [5.74, 6) is -0.0759. The van der Waals surface area contributed by atoms with E-state index in [1.54, 1.807) is 16.8 Å². The van der Waals surface area contributed by atoms with Crippen LogP contribution in [0.4, 0.5) is 4.79 Å². The maximum absolute atomic E-state index is 12.6. The fourth-order valence-corrected chi connectivity index (χ4v) is 3.22. The summed E-state index contributed by atoms with van der Waals surface area (Å²) in [6.45, 7) is 8.91. The lowest BCUT2D eigenvalue weighted by molar-refractivity contribution is -0.134. The van der Waals surface area contributed by atoms with Crippen LogP contribution in [-0.4, -0.2) is 66.0 Å². The van der Waals surface area contributed by atoms with E-state index in [0.717, 1.165) is 0 Å². The largest absolute Gasteiger partial charge is 0.444 e. The number of hydrogen-bond acceptors (Lipinski definition) is 4. The normalized spacial score (nSPS) is 28.0.